The third-order valence-corrected chi connectivity index (χ3v) is 10.8. The molecule has 7 aromatic carbocycles. The van der Waals surface area contributed by atoms with Gasteiger partial charge in [-0.25, -0.2) is 9.97 Å². The molecule has 10 rings (SSSR count). The van der Waals surface area contributed by atoms with Gasteiger partial charge in [0.25, 0.3) is 0 Å². The van der Waals surface area contributed by atoms with Crippen molar-refractivity contribution >= 4 is 53.4 Å². The lowest BCUT2D eigenvalue weighted by atomic mass is 9.95. The highest BCUT2D eigenvalue weighted by molar-refractivity contribution is 7.26. The molecule has 0 aliphatic heterocycles. The van der Waals surface area contributed by atoms with Gasteiger partial charge in [0, 0.05) is 53.2 Å². The summed E-state index contributed by atoms with van der Waals surface area (Å²) in [6.07, 6.45) is 0. The third-order valence-electron chi connectivity index (χ3n) is 9.54. The van der Waals surface area contributed by atoms with Gasteiger partial charge in [-0.05, 0) is 41.0 Å². The van der Waals surface area contributed by atoms with Crippen LogP contribution in [0.1, 0.15) is 0 Å². The van der Waals surface area contributed by atoms with Crippen molar-refractivity contribution in [3.8, 4) is 56.2 Å². The van der Waals surface area contributed by atoms with Crippen molar-refractivity contribution in [2.24, 2.45) is 0 Å². The summed E-state index contributed by atoms with van der Waals surface area (Å²) in [6.45, 7) is 0. The van der Waals surface area contributed by atoms with Crippen LogP contribution in [0.15, 0.2) is 174 Å². The van der Waals surface area contributed by atoms with Crippen molar-refractivity contribution in [3.05, 3.63) is 170 Å². The van der Waals surface area contributed by atoms with Crippen LogP contribution in [0.5, 0.6) is 0 Å². The predicted octanol–water partition coefficient (Wildman–Crippen LogP) is 13.1. The number of hydrogen-bond acceptors (Lipinski definition) is 4. The highest BCUT2D eigenvalue weighted by Gasteiger charge is 2.19. The van der Waals surface area contributed by atoms with E-state index in [2.05, 4.69) is 133 Å². The zero-order valence-electron chi connectivity index (χ0n) is 26.9. The van der Waals surface area contributed by atoms with Gasteiger partial charge in [0.1, 0.15) is 11.2 Å². The first kappa shape index (κ1) is 28.6. The second-order valence-electron chi connectivity index (χ2n) is 12.5. The monoisotopic (exact) mass is 656 g/mol. The molecule has 3 nitrogen and oxygen atoms in total. The van der Waals surface area contributed by atoms with E-state index in [0.29, 0.717) is 5.82 Å². The first-order valence-corrected chi connectivity index (χ1v) is 17.6. The van der Waals surface area contributed by atoms with Crippen molar-refractivity contribution in [3.63, 3.8) is 0 Å². The number of fused-ring (bicyclic) bond motifs is 6. The van der Waals surface area contributed by atoms with Gasteiger partial charge in [0.2, 0.25) is 0 Å². The molecule has 0 aliphatic rings. The third kappa shape index (κ3) is 4.73. The van der Waals surface area contributed by atoms with E-state index in [-0.39, 0.29) is 0 Å². The second-order valence-corrected chi connectivity index (χ2v) is 13.5. The molecular weight excluding hydrogens is 629 g/mol. The molecule has 0 fully saturated rings. The summed E-state index contributed by atoms with van der Waals surface area (Å²) >= 11 is 1.87. The normalized spacial score (nSPS) is 11.6. The Kier molecular flexibility index (Phi) is 6.68. The van der Waals surface area contributed by atoms with Crippen LogP contribution in [-0.4, -0.2) is 9.97 Å². The number of furan rings is 1. The van der Waals surface area contributed by atoms with Crippen LogP contribution in [0, 0.1) is 0 Å². The molecule has 0 unspecified atom stereocenters. The Balaban J connectivity index is 1.18. The van der Waals surface area contributed by atoms with Gasteiger partial charge in [-0.1, -0.05) is 146 Å². The van der Waals surface area contributed by atoms with E-state index in [4.69, 9.17) is 14.4 Å². The molecule has 0 aliphatic carbocycles. The van der Waals surface area contributed by atoms with Crippen molar-refractivity contribution in [1.29, 1.82) is 0 Å². The molecule has 10 aromatic rings. The van der Waals surface area contributed by atoms with Crippen LogP contribution in [0.25, 0.3) is 98.3 Å². The van der Waals surface area contributed by atoms with Crippen molar-refractivity contribution < 1.29 is 4.42 Å². The Hall–Kier alpha value is -6.36. The molecule has 0 saturated carbocycles. The molecule has 3 aromatic heterocycles. The largest absolute Gasteiger partial charge is 0.456 e. The summed E-state index contributed by atoms with van der Waals surface area (Å²) < 4.78 is 8.85. The predicted molar refractivity (Wildman–Crippen MR) is 209 cm³/mol. The lowest BCUT2D eigenvalue weighted by molar-refractivity contribution is 0.669. The maximum atomic E-state index is 6.28. The maximum Gasteiger partial charge on any atom is 0.160 e. The van der Waals surface area contributed by atoms with Gasteiger partial charge in [-0.2, -0.15) is 0 Å². The Morgan fingerprint density at radius 2 is 0.940 bits per heavy atom. The molecule has 0 N–H and O–H groups in total. The highest BCUT2D eigenvalue weighted by Crippen LogP contribution is 2.45. The van der Waals surface area contributed by atoms with Crippen LogP contribution in [0.4, 0.5) is 0 Å². The lowest BCUT2D eigenvalue weighted by Crippen LogP contribution is -1.97. The summed E-state index contributed by atoms with van der Waals surface area (Å²) in [6, 6.07) is 59.5. The minimum absolute atomic E-state index is 0.685. The molecule has 0 saturated heterocycles. The molecule has 0 radical (unpaired) electrons. The summed E-state index contributed by atoms with van der Waals surface area (Å²) in [4.78, 5) is 10.4. The van der Waals surface area contributed by atoms with Gasteiger partial charge in [-0.15, -0.1) is 11.3 Å². The molecule has 0 spiro atoms. The number of thiophene rings is 1. The van der Waals surface area contributed by atoms with Crippen molar-refractivity contribution in [2.75, 3.05) is 0 Å². The van der Waals surface area contributed by atoms with E-state index in [1.165, 1.54) is 36.9 Å². The Labute approximate surface area is 292 Å². The topological polar surface area (TPSA) is 38.9 Å². The number of para-hydroxylation sites is 1. The molecule has 0 amide bonds. The average Bonchev–Trinajstić information content (AvgIpc) is 3.77. The zero-order chi connectivity index (χ0) is 33.0. The van der Waals surface area contributed by atoms with E-state index in [1.807, 2.05) is 47.7 Å². The van der Waals surface area contributed by atoms with E-state index in [1.54, 1.807) is 0 Å². The minimum atomic E-state index is 0.685. The van der Waals surface area contributed by atoms with Gasteiger partial charge in [0.05, 0.1) is 11.4 Å². The molecule has 4 heteroatoms. The zero-order valence-corrected chi connectivity index (χ0v) is 27.7. The Bertz CT molecular complexity index is 2870. The molecule has 3 heterocycles. The van der Waals surface area contributed by atoms with Gasteiger partial charge < -0.3 is 4.42 Å². The number of nitrogens with zero attached hydrogens (tertiary/aromatic N) is 2. The van der Waals surface area contributed by atoms with E-state index in [0.717, 1.165) is 55.6 Å². The minimum Gasteiger partial charge on any atom is -0.456 e. The first-order valence-electron chi connectivity index (χ1n) is 16.7. The lowest BCUT2D eigenvalue weighted by Gasteiger charge is -2.13. The Morgan fingerprint density at radius 1 is 0.360 bits per heavy atom. The molecule has 0 bridgehead atoms. The number of aromatic nitrogens is 2. The molecule has 0 atom stereocenters. The summed E-state index contributed by atoms with van der Waals surface area (Å²) in [5, 5.41) is 4.76. The highest BCUT2D eigenvalue weighted by atomic mass is 32.1. The van der Waals surface area contributed by atoms with Crippen molar-refractivity contribution in [2.45, 2.75) is 0 Å². The quantitative estimate of drug-likeness (QED) is 0.185. The average molecular weight is 657 g/mol. The van der Waals surface area contributed by atoms with Crippen LogP contribution in [-0.2, 0) is 0 Å². The summed E-state index contributed by atoms with van der Waals surface area (Å²) in [5.74, 6) is 0.685. The van der Waals surface area contributed by atoms with Crippen LogP contribution >= 0.6 is 11.3 Å². The summed E-state index contributed by atoms with van der Waals surface area (Å²) in [5.41, 5.74) is 11.3. The van der Waals surface area contributed by atoms with E-state index >= 15 is 0 Å². The fourth-order valence-corrected chi connectivity index (χ4v) is 8.52. The number of rotatable bonds is 5. The molecular formula is C46H28N2OS. The van der Waals surface area contributed by atoms with Gasteiger partial charge >= 0.3 is 0 Å². The molecule has 234 valence electrons. The smallest absolute Gasteiger partial charge is 0.160 e. The fourth-order valence-electron chi connectivity index (χ4n) is 7.15. The van der Waals surface area contributed by atoms with E-state index in [9.17, 15) is 0 Å². The maximum absolute atomic E-state index is 6.28. The molecule has 50 heavy (non-hydrogen) atoms. The van der Waals surface area contributed by atoms with Crippen LogP contribution in [0.3, 0.4) is 0 Å². The van der Waals surface area contributed by atoms with E-state index < -0.39 is 0 Å². The second kappa shape index (κ2) is 11.7. The Morgan fingerprint density at radius 3 is 1.74 bits per heavy atom. The van der Waals surface area contributed by atoms with Gasteiger partial charge in [0.15, 0.2) is 5.82 Å². The summed E-state index contributed by atoms with van der Waals surface area (Å²) in [7, 11) is 0. The first-order chi connectivity index (χ1) is 24.8. The standard InChI is InChI=1S/C46H28N2OS/c1-3-13-29(14-4-1)32-20-11-22-38-39-23-12-21-37(45(39)50-44(32)38)33-17-7-8-18-34(33)41-28-40(47-46(48-41)30-15-5-2-6-16-30)31-25-26-36-35-19-9-10-24-42(35)49-43(36)27-31/h1-28H. The fraction of sp³-hybridized carbons (Fsp3) is 0. The van der Waals surface area contributed by atoms with Gasteiger partial charge in [-0.3, -0.25) is 0 Å². The van der Waals surface area contributed by atoms with Crippen LogP contribution < -0.4 is 0 Å². The van der Waals surface area contributed by atoms with Crippen molar-refractivity contribution in [1.82, 2.24) is 9.97 Å². The number of benzene rings is 7. The SMILES string of the molecule is c1ccc(-c2nc(-c3ccc4c(c3)oc3ccccc34)cc(-c3ccccc3-c3cccc4c3sc3c(-c5ccccc5)cccc34)n2)cc1. The van der Waals surface area contributed by atoms with Crippen LogP contribution in [0.2, 0.25) is 0 Å². The number of hydrogen-bond donors (Lipinski definition) is 0.